The Morgan fingerprint density at radius 3 is 2.80 bits per heavy atom. The third-order valence-corrected chi connectivity index (χ3v) is 3.99. The van der Waals surface area contributed by atoms with Crippen molar-refractivity contribution < 1.29 is 4.79 Å². The van der Waals surface area contributed by atoms with Gasteiger partial charge >= 0.3 is 0 Å². The fourth-order valence-corrected chi connectivity index (χ4v) is 2.84. The van der Waals surface area contributed by atoms with E-state index in [0.717, 1.165) is 25.1 Å². The Labute approximate surface area is 119 Å². The van der Waals surface area contributed by atoms with E-state index in [0.29, 0.717) is 6.42 Å². The van der Waals surface area contributed by atoms with Crippen molar-refractivity contribution in [1.29, 1.82) is 0 Å². The molecular formula is C17H20N2O. The Bertz CT molecular complexity index is 630. The van der Waals surface area contributed by atoms with E-state index in [1.54, 1.807) is 0 Å². The average molecular weight is 268 g/mol. The van der Waals surface area contributed by atoms with E-state index in [9.17, 15) is 4.79 Å². The van der Waals surface area contributed by atoms with Gasteiger partial charge in [0.05, 0.1) is 12.0 Å². The van der Waals surface area contributed by atoms with Crippen molar-refractivity contribution in [3.05, 3.63) is 48.0 Å². The van der Waals surface area contributed by atoms with Crippen LogP contribution in [0.4, 0.5) is 0 Å². The third-order valence-electron chi connectivity index (χ3n) is 3.99. The number of benzene rings is 2. The molecule has 1 heterocycles. The summed E-state index contributed by atoms with van der Waals surface area (Å²) < 4.78 is 0. The van der Waals surface area contributed by atoms with Crippen LogP contribution in [0.1, 0.15) is 18.9 Å². The number of fused-ring (bicyclic) bond motifs is 1. The quantitative estimate of drug-likeness (QED) is 0.896. The highest BCUT2D eigenvalue weighted by atomic mass is 16.1. The van der Waals surface area contributed by atoms with Gasteiger partial charge in [-0.25, -0.2) is 0 Å². The number of hydrogen-bond donors (Lipinski definition) is 2. The lowest BCUT2D eigenvalue weighted by Gasteiger charge is -2.24. The lowest BCUT2D eigenvalue weighted by molar-refractivity contribution is -0.122. The van der Waals surface area contributed by atoms with Crippen LogP contribution >= 0.6 is 0 Å². The molecule has 2 N–H and O–H groups in total. The molecule has 1 atom stereocenters. The molecule has 2 aromatic carbocycles. The van der Waals surface area contributed by atoms with Gasteiger partial charge in [-0.1, -0.05) is 42.5 Å². The maximum atomic E-state index is 12.2. The zero-order valence-corrected chi connectivity index (χ0v) is 11.8. The molecule has 0 spiro atoms. The number of carbonyl (C=O) groups is 1. The molecule has 3 rings (SSSR count). The molecule has 0 radical (unpaired) electrons. The first kappa shape index (κ1) is 13.1. The SMILES string of the molecule is CC1(NC(=O)Cc2ccc3ccccc3c2)CCNC1. The van der Waals surface area contributed by atoms with E-state index in [2.05, 4.69) is 41.8 Å². The molecule has 3 nitrogen and oxygen atoms in total. The summed E-state index contributed by atoms with van der Waals surface area (Å²) in [6, 6.07) is 14.4. The zero-order chi connectivity index (χ0) is 14.0. The van der Waals surface area contributed by atoms with E-state index in [1.807, 2.05) is 18.2 Å². The van der Waals surface area contributed by atoms with Gasteiger partial charge in [0.1, 0.15) is 0 Å². The number of carbonyl (C=O) groups excluding carboxylic acids is 1. The summed E-state index contributed by atoms with van der Waals surface area (Å²) >= 11 is 0. The number of nitrogens with one attached hydrogen (secondary N) is 2. The van der Waals surface area contributed by atoms with E-state index >= 15 is 0 Å². The third kappa shape index (κ3) is 2.83. The van der Waals surface area contributed by atoms with Gasteiger partial charge in [0.2, 0.25) is 5.91 Å². The van der Waals surface area contributed by atoms with E-state index < -0.39 is 0 Å². The largest absolute Gasteiger partial charge is 0.349 e. The first-order chi connectivity index (χ1) is 9.65. The topological polar surface area (TPSA) is 41.1 Å². The summed E-state index contributed by atoms with van der Waals surface area (Å²) in [5.74, 6) is 0.103. The normalized spacial score (nSPS) is 22.1. The Morgan fingerprint density at radius 2 is 2.05 bits per heavy atom. The minimum absolute atomic E-state index is 0.0894. The molecular weight excluding hydrogens is 248 g/mol. The van der Waals surface area contributed by atoms with Crippen LogP contribution in [-0.4, -0.2) is 24.5 Å². The summed E-state index contributed by atoms with van der Waals surface area (Å²) in [5, 5.41) is 8.84. The predicted octanol–water partition coefficient (Wildman–Crippen LogP) is 2.25. The molecule has 1 amide bonds. The summed E-state index contributed by atoms with van der Waals surface area (Å²) in [6.07, 6.45) is 1.44. The fourth-order valence-electron chi connectivity index (χ4n) is 2.84. The van der Waals surface area contributed by atoms with Crippen LogP contribution in [0.3, 0.4) is 0 Å². The van der Waals surface area contributed by atoms with Gasteiger partial charge in [0, 0.05) is 6.54 Å². The number of amides is 1. The minimum atomic E-state index is -0.0894. The highest BCUT2D eigenvalue weighted by Crippen LogP contribution is 2.17. The fraction of sp³-hybridized carbons (Fsp3) is 0.353. The van der Waals surface area contributed by atoms with Gasteiger partial charge in [-0.2, -0.15) is 0 Å². The Morgan fingerprint density at radius 1 is 1.25 bits per heavy atom. The zero-order valence-electron chi connectivity index (χ0n) is 11.8. The van der Waals surface area contributed by atoms with Crippen LogP contribution in [-0.2, 0) is 11.2 Å². The van der Waals surface area contributed by atoms with Crippen molar-refractivity contribution in [2.45, 2.75) is 25.3 Å². The molecule has 104 valence electrons. The van der Waals surface area contributed by atoms with Crippen molar-refractivity contribution >= 4 is 16.7 Å². The maximum absolute atomic E-state index is 12.2. The second kappa shape index (κ2) is 5.25. The van der Waals surface area contributed by atoms with Crippen LogP contribution < -0.4 is 10.6 Å². The highest BCUT2D eigenvalue weighted by Gasteiger charge is 2.29. The van der Waals surface area contributed by atoms with Crippen LogP contribution in [0, 0.1) is 0 Å². The second-order valence-electron chi connectivity index (χ2n) is 5.89. The number of rotatable bonds is 3. The van der Waals surface area contributed by atoms with E-state index in [4.69, 9.17) is 0 Å². The Balaban J connectivity index is 1.70. The van der Waals surface area contributed by atoms with Gasteiger partial charge < -0.3 is 10.6 Å². The molecule has 3 heteroatoms. The number of hydrogen-bond acceptors (Lipinski definition) is 2. The molecule has 0 saturated carbocycles. The first-order valence-electron chi connectivity index (χ1n) is 7.14. The van der Waals surface area contributed by atoms with Crippen LogP contribution in [0.5, 0.6) is 0 Å². The molecule has 1 saturated heterocycles. The molecule has 1 fully saturated rings. The lowest BCUT2D eigenvalue weighted by Crippen LogP contribution is -2.48. The highest BCUT2D eigenvalue weighted by molar-refractivity contribution is 5.85. The van der Waals surface area contributed by atoms with E-state index in [1.165, 1.54) is 10.8 Å². The van der Waals surface area contributed by atoms with Gasteiger partial charge in [-0.05, 0) is 36.2 Å². The monoisotopic (exact) mass is 268 g/mol. The summed E-state index contributed by atoms with van der Waals surface area (Å²) in [5.41, 5.74) is 0.976. The molecule has 1 aliphatic rings. The summed E-state index contributed by atoms with van der Waals surface area (Å²) in [6.45, 7) is 3.94. The van der Waals surface area contributed by atoms with Crippen LogP contribution in [0.15, 0.2) is 42.5 Å². The molecule has 1 unspecified atom stereocenters. The maximum Gasteiger partial charge on any atom is 0.224 e. The predicted molar refractivity (Wildman–Crippen MR) is 81.7 cm³/mol. The molecule has 0 bridgehead atoms. The minimum Gasteiger partial charge on any atom is -0.349 e. The van der Waals surface area contributed by atoms with Crippen LogP contribution in [0.25, 0.3) is 10.8 Å². The van der Waals surface area contributed by atoms with Crippen molar-refractivity contribution in [1.82, 2.24) is 10.6 Å². The van der Waals surface area contributed by atoms with Gasteiger partial charge in [0.15, 0.2) is 0 Å². The average Bonchev–Trinajstić information content (AvgIpc) is 2.84. The van der Waals surface area contributed by atoms with Gasteiger partial charge in [-0.15, -0.1) is 0 Å². The molecule has 2 aromatic rings. The lowest BCUT2D eigenvalue weighted by atomic mass is 10.0. The van der Waals surface area contributed by atoms with Crippen molar-refractivity contribution in [3.8, 4) is 0 Å². The second-order valence-corrected chi connectivity index (χ2v) is 5.89. The Kier molecular flexibility index (Phi) is 3.45. The van der Waals surface area contributed by atoms with Crippen molar-refractivity contribution in [3.63, 3.8) is 0 Å². The molecule has 20 heavy (non-hydrogen) atoms. The first-order valence-corrected chi connectivity index (χ1v) is 7.14. The van der Waals surface area contributed by atoms with Crippen molar-refractivity contribution in [2.75, 3.05) is 13.1 Å². The smallest absolute Gasteiger partial charge is 0.224 e. The van der Waals surface area contributed by atoms with Crippen molar-refractivity contribution in [2.24, 2.45) is 0 Å². The summed E-state index contributed by atoms with van der Waals surface area (Å²) in [7, 11) is 0. The Hall–Kier alpha value is -1.87. The summed E-state index contributed by atoms with van der Waals surface area (Å²) in [4.78, 5) is 12.2. The molecule has 1 aliphatic heterocycles. The molecule has 0 aliphatic carbocycles. The standard InChI is InChI=1S/C17H20N2O/c1-17(8-9-18-12-17)19-16(20)11-13-6-7-14-4-2-3-5-15(14)10-13/h2-7,10,18H,8-9,11-12H2,1H3,(H,19,20). The molecule has 0 aromatic heterocycles. The van der Waals surface area contributed by atoms with E-state index in [-0.39, 0.29) is 11.4 Å². The van der Waals surface area contributed by atoms with Gasteiger partial charge in [0.25, 0.3) is 0 Å². The van der Waals surface area contributed by atoms with Gasteiger partial charge in [-0.3, -0.25) is 4.79 Å². The van der Waals surface area contributed by atoms with Crippen LogP contribution in [0.2, 0.25) is 0 Å².